The molecule has 17 nitrogen and oxygen atoms in total. The van der Waals surface area contributed by atoms with E-state index in [-0.39, 0.29) is 25.7 Å². The monoisotopic (exact) mass is 1340 g/mol. The van der Waals surface area contributed by atoms with Crippen LogP contribution in [0.15, 0.2) is 60.8 Å². The molecule has 0 amide bonds. The molecular weight excluding hydrogens is 1210 g/mol. The summed E-state index contributed by atoms with van der Waals surface area (Å²) in [5, 5.41) is 10.6. The molecule has 0 bridgehead atoms. The number of unbranched alkanes of at least 4 members (excludes halogenated alkanes) is 33. The van der Waals surface area contributed by atoms with Gasteiger partial charge in [-0.3, -0.25) is 37.3 Å². The first kappa shape index (κ1) is 88.8. The van der Waals surface area contributed by atoms with E-state index in [4.69, 9.17) is 37.0 Å². The summed E-state index contributed by atoms with van der Waals surface area (Å²) in [4.78, 5) is 72.6. The minimum absolute atomic E-state index is 0.0785. The Kier molecular flexibility index (Phi) is 64.0. The van der Waals surface area contributed by atoms with Crippen LogP contribution in [0.2, 0.25) is 0 Å². The Bertz CT molecular complexity index is 1990. The van der Waals surface area contributed by atoms with E-state index in [0.29, 0.717) is 25.7 Å². The largest absolute Gasteiger partial charge is 0.472 e. The molecule has 5 unspecified atom stereocenters. The van der Waals surface area contributed by atoms with E-state index in [1.54, 1.807) is 0 Å². The molecule has 5 atom stereocenters. The quantitative estimate of drug-likeness (QED) is 0.0169. The van der Waals surface area contributed by atoms with E-state index in [2.05, 4.69) is 88.5 Å². The molecule has 0 saturated heterocycles. The van der Waals surface area contributed by atoms with Gasteiger partial charge < -0.3 is 33.8 Å². The van der Waals surface area contributed by atoms with E-state index in [9.17, 15) is 43.2 Å². The maximum absolute atomic E-state index is 13.0. The van der Waals surface area contributed by atoms with Gasteiger partial charge in [-0.2, -0.15) is 0 Å². The predicted octanol–water partition coefficient (Wildman–Crippen LogP) is 20.3. The smallest absolute Gasteiger partial charge is 0.462 e. The van der Waals surface area contributed by atoms with E-state index >= 15 is 0 Å². The van der Waals surface area contributed by atoms with Crippen molar-refractivity contribution in [2.45, 2.75) is 341 Å². The van der Waals surface area contributed by atoms with Crippen molar-refractivity contribution in [1.29, 1.82) is 0 Å². The molecule has 0 aromatic rings. The van der Waals surface area contributed by atoms with Gasteiger partial charge in [0.15, 0.2) is 12.2 Å². The van der Waals surface area contributed by atoms with Crippen LogP contribution in [0.1, 0.15) is 323 Å². The van der Waals surface area contributed by atoms with Crippen LogP contribution in [0.5, 0.6) is 0 Å². The Labute approximate surface area is 559 Å². The second-order valence-corrected chi connectivity index (χ2v) is 27.4. The maximum Gasteiger partial charge on any atom is 0.472 e. The highest BCUT2D eigenvalue weighted by molar-refractivity contribution is 7.47. The van der Waals surface area contributed by atoms with Gasteiger partial charge in [-0.15, -0.1) is 0 Å². The van der Waals surface area contributed by atoms with Gasteiger partial charge in [-0.25, -0.2) is 9.13 Å². The highest BCUT2D eigenvalue weighted by Crippen LogP contribution is 2.45. The van der Waals surface area contributed by atoms with Crippen LogP contribution in [-0.2, 0) is 65.4 Å². The number of ether oxygens (including phenoxy) is 4. The van der Waals surface area contributed by atoms with Crippen LogP contribution in [0, 0.1) is 0 Å². The van der Waals surface area contributed by atoms with Gasteiger partial charge >= 0.3 is 39.5 Å². The average Bonchev–Trinajstić information content (AvgIpc) is 3.63. The molecule has 0 aliphatic carbocycles. The summed E-state index contributed by atoms with van der Waals surface area (Å²) in [5.74, 6) is -2.19. The number of phosphoric ester groups is 2. The van der Waals surface area contributed by atoms with Crippen LogP contribution in [0.4, 0.5) is 0 Å². The van der Waals surface area contributed by atoms with Gasteiger partial charge in [-0.1, -0.05) is 255 Å². The van der Waals surface area contributed by atoms with Crippen molar-refractivity contribution in [3.63, 3.8) is 0 Å². The minimum atomic E-state index is -4.97. The van der Waals surface area contributed by atoms with Crippen LogP contribution < -0.4 is 0 Å². The maximum atomic E-state index is 13.0. The molecule has 0 aliphatic rings. The Morgan fingerprint density at radius 1 is 0.304 bits per heavy atom. The first-order valence-corrected chi connectivity index (χ1v) is 39.5. The van der Waals surface area contributed by atoms with Crippen molar-refractivity contribution >= 4 is 39.5 Å². The van der Waals surface area contributed by atoms with Crippen LogP contribution in [-0.4, -0.2) is 96.7 Å². The van der Waals surface area contributed by atoms with Crippen molar-refractivity contribution in [1.82, 2.24) is 0 Å². The summed E-state index contributed by atoms with van der Waals surface area (Å²) in [6.45, 7) is 4.71. The highest BCUT2D eigenvalue weighted by atomic mass is 31.2. The molecular formula is C73H132O17P2. The average molecular weight is 1340 g/mol. The van der Waals surface area contributed by atoms with Gasteiger partial charge in [-0.05, 0) is 103 Å². The molecule has 92 heavy (non-hydrogen) atoms. The zero-order chi connectivity index (χ0) is 67.5. The fourth-order valence-corrected chi connectivity index (χ4v) is 11.4. The molecule has 19 heteroatoms. The topological polar surface area (TPSA) is 237 Å². The number of carbonyl (C=O) groups is 4. The standard InChI is InChI=1S/C73H132O17P2/c1-5-9-13-17-21-25-29-33-37-41-45-49-53-57-70(75)83-63-68(89-72(77)59-55-51-47-43-39-35-31-27-23-19-15-11-7-3)65-87-91(79,80)85-61-67(74)62-86-92(81,82)88-66-69(90-73(78)60-56-52-48-44-40-36-32-28-24-20-16-12-8-4)64-84-71(76)58-54-50-46-42-38-34-30-26-22-18-14-10-6-2/h13,15,17,19,25-27,29-31,67-69,74H,5-12,14,16,18,20-24,28,32-66H2,1-4H3,(H,79,80)(H,81,82)/b17-13-,19-15-,29-25-,30-26-,31-27-. The molecule has 3 N–H and O–H groups in total. The Balaban J connectivity index is 5.33. The van der Waals surface area contributed by atoms with Crippen molar-refractivity contribution < 1.29 is 80.2 Å². The molecule has 0 saturated carbocycles. The normalized spacial score (nSPS) is 14.4. The fourth-order valence-electron chi connectivity index (χ4n) is 9.82. The number of phosphoric acid groups is 2. The summed E-state index contributed by atoms with van der Waals surface area (Å²) >= 11 is 0. The molecule has 0 heterocycles. The summed E-state index contributed by atoms with van der Waals surface area (Å²) in [5.41, 5.74) is 0. The number of hydrogen-bond acceptors (Lipinski definition) is 15. The molecule has 0 aliphatic heterocycles. The van der Waals surface area contributed by atoms with Crippen molar-refractivity contribution in [2.24, 2.45) is 0 Å². The van der Waals surface area contributed by atoms with E-state index in [1.807, 2.05) is 0 Å². The van der Waals surface area contributed by atoms with Gasteiger partial charge in [0.25, 0.3) is 0 Å². The summed E-state index contributed by atoms with van der Waals surface area (Å²) in [7, 11) is -9.93. The van der Waals surface area contributed by atoms with Crippen LogP contribution >= 0.6 is 15.6 Å². The summed E-state index contributed by atoms with van der Waals surface area (Å²) in [6.07, 6.45) is 62.2. The Morgan fingerprint density at radius 2 is 0.554 bits per heavy atom. The third kappa shape index (κ3) is 65.4. The van der Waals surface area contributed by atoms with Crippen molar-refractivity contribution in [2.75, 3.05) is 39.6 Å². The third-order valence-electron chi connectivity index (χ3n) is 15.4. The second-order valence-electron chi connectivity index (χ2n) is 24.5. The first-order valence-electron chi connectivity index (χ1n) is 36.5. The number of hydrogen-bond donors (Lipinski definition) is 3. The Morgan fingerprint density at radius 3 is 0.870 bits per heavy atom. The molecule has 0 rings (SSSR count). The number of esters is 4. The van der Waals surface area contributed by atoms with Gasteiger partial charge in [0.1, 0.15) is 19.3 Å². The lowest BCUT2D eigenvalue weighted by molar-refractivity contribution is -0.161. The lowest BCUT2D eigenvalue weighted by atomic mass is 10.0. The van der Waals surface area contributed by atoms with Gasteiger partial charge in [0, 0.05) is 25.7 Å². The minimum Gasteiger partial charge on any atom is -0.462 e. The van der Waals surface area contributed by atoms with Crippen LogP contribution in [0.3, 0.4) is 0 Å². The van der Waals surface area contributed by atoms with Gasteiger partial charge in [0.2, 0.25) is 0 Å². The van der Waals surface area contributed by atoms with Crippen molar-refractivity contribution in [3.05, 3.63) is 60.8 Å². The zero-order valence-electron chi connectivity index (χ0n) is 58.2. The molecule has 0 fully saturated rings. The lowest BCUT2D eigenvalue weighted by Crippen LogP contribution is -2.30. The van der Waals surface area contributed by atoms with Gasteiger partial charge in [0.05, 0.1) is 26.4 Å². The van der Waals surface area contributed by atoms with E-state index in [0.717, 1.165) is 167 Å². The molecule has 0 spiro atoms. The van der Waals surface area contributed by atoms with E-state index in [1.165, 1.54) is 77.0 Å². The molecule has 0 radical (unpaired) electrons. The summed E-state index contributed by atoms with van der Waals surface area (Å²) < 4.78 is 68.3. The number of carbonyl (C=O) groups excluding carboxylic acids is 4. The number of aliphatic hydroxyl groups is 1. The fraction of sp³-hybridized carbons (Fsp3) is 0.808. The lowest BCUT2D eigenvalue weighted by Gasteiger charge is -2.21. The van der Waals surface area contributed by atoms with E-state index < -0.39 is 97.5 Å². The SMILES string of the molecule is CCC/C=C\C/C=C\CCCCCCCC(=O)OCC(COP(=O)(O)OCC(O)COP(=O)(O)OCC(COC(=O)CCCCCCC/C=C\CCCCCC)OC(=O)CCCCCCCCCCCCCCC)OC(=O)CCCCCCC/C=C\C/C=C\CCC. The number of rotatable bonds is 69. The first-order chi connectivity index (χ1) is 44.7. The molecule has 0 aromatic carbocycles. The number of aliphatic hydroxyl groups excluding tert-OH is 1. The third-order valence-corrected chi connectivity index (χ3v) is 17.3. The predicted molar refractivity (Wildman–Crippen MR) is 372 cm³/mol. The van der Waals surface area contributed by atoms with Crippen molar-refractivity contribution in [3.8, 4) is 0 Å². The highest BCUT2D eigenvalue weighted by Gasteiger charge is 2.30. The second kappa shape index (κ2) is 66.4. The zero-order valence-corrected chi connectivity index (χ0v) is 60.0. The van der Waals surface area contributed by atoms with Crippen LogP contribution in [0.25, 0.3) is 0 Å². The molecule has 0 aromatic heterocycles. The number of allylic oxidation sites excluding steroid dienone is 10. The molecule has 536 valence electrons. The summed E-state index contributed by atoms with van der Waals surface area (Å²) in [6, 6.07) is 0. The Hall–Kier alpha value is -3.24.